The van der Waals surface area contributed by atoms with Crippen molar-refractivity contribution in [2.45, 2.75) is 38.9 Å². The molecule has 0 unspecified atom stereocenters. The molecule has 0 saturated carbocycles. The van der Waals surface area contributed by atoms with Crippen molar-refractivity contribution in [3.63, 3.8) is 0 Å². The molecule has 7 nitrogen and oxygen atoms in total. The maximum Gasteiger partial charge on any atom is 0.496 e. The Hall–Kier alpha value is -2.19. The molecular formula is C16H21BN4O3. The second kappa shape index (κ2) is 5.72. The van der Waals surface area contributed by atoms with E-state index in [1.54, 1.807) is 37.9 Å². The summed E-state index contributed by atoms with van der Waals surface area (Å²) in [4.78, 5) is 20.5. The summed E-state index contributed by atoms with van der Waals surface area (Å²) < 4.78 is 13.6. The molecule has 1 aliphatic heterocycles. The molecule has 0 radical (unpaired) electrons. The van der Waals surface area contributed by atoms with Gasteiger partial charge in [0.2, 0.25) is 0 Å². The standard InChI is InChI=1S/C16H21BN4O3/c1-15(2)16(3,4)24-17(23-15)11-8-12(14(22)21(5)10-11)20-13-9-18-6-7-19-13/h6-10H,1-5H3,(H,19,20). The van der Waals surface area contributed by atoms with Crippen molar-refractivity contribution >= 4 is 24.1 Å². The number of nitrogens with one attached hydrogen (secondary N) is 1. The summed E-state index contributed by atoms with van der Waals surface area (Å²) in [5.74, 6) is 0.501. The molecule has 3 rings (SSSR count). The van der Waals surface area contributed by atoms with Crippen LogP contribution in [0.2, 0.25) is 0 Å². The Morgan fingerprint density at radius 3 is 2.42 bits per heavy atom. The predicted molar refractivity (Wildman–Crippen MR) is 92.7 cm³/mol. The van der Waals surface area contributed by atoms with Crippen LogP contribution in [0.1, 0.15) is 27.7 Å². The fraction of sp³-hybridized carbons (Fsp3) is 0.438. The summed E-state index contributed by atoms with van der Waals surface area (Å²) in [6.07, 6.45) is 6.42. The average Bonchev–Trinajstić information content (AvgIpc) is 2.73. The Morgan fingerprint density at radius 1 is 1.17 bits per heavy atom. The third-order valence-electron chi connectivity index (χ3n) is 4.56. The summed E-state index contributed by atoms with van der Waals surface area (Å²) in [5, 5.41) is 3.00. The largest absolute Gasteiger partial charge is 0.496 e. The van der Waals surface area contributed by atoms with Crippen LogP contribution in [0.25, 0.3) is 0 Å². The molecule has 1 aliphatic rings. The van der Waals surface area contributed by atoms with E-state index in [-0.39, 0.29) is 5.56 Å². The van der Waals surface area contributed by atoms with Crippen LogP contribution in [0.15, 0.2) is 35.6 Å². The topological polar surface area (TPSA) is 78.3 Å². The first-order valence-electron chi connectivity index (χ1n) is 7.79. The summed E-state index contributed by atoms with van der Waals surface area (Å²) in [6.45, 7) is 7.97. The van der Waals surface area contributed by atoms with Crippen molar-refractivity contribution in [2.75, 3.05) is 5.32 Å². The molecule has 2 aromatic rings. The van der Waals surface area contributed by atoms with Gasteiger partial charge in [0, 0.05) is 31.1 Å². The lowest BCUT2D eigenvalue weighted by molar-refractivity contribution is 0.00578. The van der Waals surface area contributed by atoms with Crippen molar-refractivity contribution in [3.05, 3.63) is 41.2 Å². The van der Waals surface area contributed by atoms with Gasteiger partial charge in [-0.2, -0.15) is 0 Å². The molecule has 0 atom stereocenters. The Bertz CT molecular complexity index is 789. The number of anilines is 2. The minimum Gasteiger partial charge on any atom is -0.399 e. The highest BCUT2D eigenvalue weighted by Crippen LogP contribution is 2.36. The Labute approximate surface area is 141 Å². The number of hydrogen-bond acceptors (Lipinski definition) is 6. The molecule has 0 spiro atoms. The van der Waals surface area contributed by atoms with E-state index in [2.05, 4.69) is 15.3 Å². The number of pyridine rings is 1. The Kier molecular flexibility index (Phi) is 3.97. The van der Waals surface area contributed by atoms with Crippen LogP contribution in [0.4, 0.5) is 11.5 Å². The van der Waals surface area contributed by atoms with E-state index in [4.69, 9.17) is 9.31 Å². The van der Waals surface area contributed by atoms with E-state index in [1.807, 2.05) is 27.7 Å². The van der Waals surface area contributed by atoms with Gasteiger partial charge in [-0.25, -0.2) is 4.98 Å². The van der Waals surface area contributed by atoms with Gasteiger partial charge in [0.1, 0.15) is 11.5 Å². The third kappa shape index (κ3) is 2.94. The molecule has 0 aromatic carbocycles. The lowest BCUT2D eigenvalue weighted by atomic mass is 9.80. The van der Waals surface area contributed by atoms with Gasteiger partial charge in [0.15, 0.2) is 0 Å². The van der Waals surface area contributed by atoms with Gasteiger partial charge in [-0.15, -0.1) is 0 Å². The number of aryl methyl sites for hydroxylation is 1. The van der Waals surface area contributed by atoms with Crippen LogP contribution in [0.3, 0.4) is 0 Å². The van der Waals surface area contributed by atoms with Gasteiger partial charge in [0.25, 0.3) is 5.56 Å². The predicted octanol–water partition coefficient (Wildman–Crippen LogP) is 1.22. The van der Waals surface area contributed by atoms with E-state index in [0.717, 1.165) is 5.46 Å². The third-order valence-corrected chi connectivity index (χ3v) is 4.56. The van der Waals surface area contributed by atoms with Gasteiger partial charge in [0.05, 0.1) is 17.4 Å². The van der Waals surface area contributed by atoms with Crippen LogP contribution in [0.5, 0.6) is 0 Å². The summed E-state index contributed by atoms with van der Waals surface area (Å²) >= 11 is 0. The molecule has 0 bridgehead atoms. The van der Waals surface area contributed by atoms with Crippen molar-refractivity contribution in [1.82, 2.24) is 14.5 Å². The van der Waals surface area contributed by atoms with Crippen molar-refractivity contribution < 1.29 is 9.31 Å². The Balaban J connectivity index is 1.95. The molecular weight excluding hydrogens is 307 g/mol. The average molecular weight is 328 g/mol. The number of hydrogen-bond donors (Lipinski definition) is 1. The molecule has 1 N–H and O–H groups in total. The molecule has 3 heterocycles. The summed E-state index contributed by atoms with van der Waals surface area (Å²) in [7, 11) is 1.16. The first-order valence-corrected chi connectivity index (χ1v) is 7.79. The van der Waals surface area contributed by atoms with Crippen LogP contribution in [-0.4, -0.2) is 32.9 Å². The lowest BCUT2D eigenvalue weighted by Gasteiger charge is -2.32. The lowest BCUT2D eigenvalue weighted by Crippen LogP contribution is -2.41. The van der Waals surface area contributed by atoms with Gasteiger partial charge < -0.3 is 19.2 Å². The first-order chi connectivity index (χ1) is 11.2. The van der Waals surface area contributed by atoms with E-state index in [0.29, 0.717) is 11.5 Å². The first kappa shape index (κ1) is 16.7. The number of aromatic nitrogens is 3. The van der Waals surface area contributed by atoms with Gasteiger partial charge in [-0.1, -0.05) is 0 Å². The maximum atomic E-state index is 12.4. The normalized spacial score (nSPS) is 18.6. The number of rotatable bonds is 3. The zero-order valence-corrected chi connectivity index (χ0v) is 14.5. The zero-order valence-electron chi connectivity index (χ0n) is 14.5. The minimum absolute atomic E-state index is 0.166. The zero-order chi connectivity index (χ0) is 17.5. The molecule has 126 valence electrons. The highest BCUT2D eigenvalue weighted by molar-refractivity contribution is 6.62. The van der Waals surface area contributed by atoms with E-state index in [9.17, 15) is 4.79 Å². The fourth-order valence-corrected chi connectivity index (χ4v) is 2.44. The molecule has 1 fully saturated rings. The van der Waals surface area contributed by atoms with Gasteiger partial charge in [-0.3, -0.25) is 9.78 Å². The second-order valence-electron chi connectivity index (χ2n) is 6.91. The summed E-state index contributed by atoms with van der Waals surface area (Å²) in [6, 6.07) is 1.74. The molecule has 0 amide bonds. The van der Waals surface area contributed by atoms with Crippen molar-refractivity contribution in [2.24, 2.45) is 7.05 Å². The second-order valence-corrected chi connectivity index (χ2v) is 6.91. The van der Waals surface area contributed by atoms with Crippen LogP contribution in [0, 0.1) is 0 Å². The molecule has 2 aromatic heterocycles. The quantitative estimate of drug-likeness (QED) is 0.854. The van der Waals surface area contributed by atoms with Gasteiger partial charge in [-0.05, 0) is 33.8 Å². The molecule has 8 heteroatoms. The molecule has 0 aliphatic carbocycles. The smallest absolute Gasteiger partial charge is 0.399 e. The van der Waals surface area contributed by atoms with E-state index >= 15 is 0 Å². The van der Waals surface area contributed by atoms with Gasteiger partial charge >= 0.3 is 7.12 Å². The van der Waals surface area contributed by atoms with E-state index in [1.165, 1.54) is 4.57 Å². The van der Waals surface area contributed by atoms with Crippen LogP contribution in [-0.2, 0) is 16.4 Å². The highest BCUT2D eigenvalue weighted by Gasteiger charge is 2.51. The van der Waals surface area contributed by atoms with Crippen LogP contribution >= 0.6 is 0 Å². The fourth-order valence-electron chi connectivity index (χ4n) is 2.44. The Morgan fingerprint density at radius 2 is 1.83 bits per heavy atom. The van der Waals surface area contributed by atoms with E-state index < -0.39 is 18.3 Å². The molecule has 24 heavy (non-hydrogen) atoms. The van der Waals surface area contributed by atoms with Crippen molar-refractivity contribution in [3.8, 4) is 0 Å². The highest BCUT2D eigenvalue weighted by atomic mass is 16.7. The van der Waals surface area contributed by atoms with Crippen LogP contribution < -0.4 is 16.3 Å². The SMILES string of the molecule is Cn1cc(B2OC(C)(C)C(C)(C)O2)cc(Nc2cnccn2)c1=O. The maximum absolute atomic E-state index is 12.4. The van der Waals surface area contributed by atoms with Crippen molar-refractivity contribution in [1.29, 1.82) is 0 Å². The number of nitrogens with zero attached hydrogens (tertiary/aromatic N) is 3. The monoisotopic (exact) mass is 328 g/mol. The molecule has 1 saturated heterocycles. The minimum atomic E-state index is -0.538. The summed E-state index contributed by atoms with van der Waals surface area (Å²) in [5.41, 5.74) is 0.115.